The SMILES string of the molecule is Cc1ccc(O)c(C(=O)OCC(=O)Nc2cc(Cl)ccc2[N+](=O)[O-])c1. The number of phenolic OH excluding ortho intramolecular Hbond substituents is 1. The highest BCUT2D eigenvalue weighted by atomic mass is 35.5. The minimum absolute atomic E-state index is 0.0819. The Hall–Kier alpha value is -3.13. The lowest BCUT2D eigenvalue weighted by molar-refractivity contribution is -0.383. The van der Waals surface area contributed by atoms with Gasteiger partial charge in [0.2, 0.25) is 0 Å². The number of aromatic hydroxyl groups is 1. The Bertz CT molecular complexity index is 853. The number of phenols is 1. The predicted octanol–water partition coefficient (Wildman–Crippen LogP) is 3.06. The van der Waals surface area contributed by atoms with Crippen LogP contribution in [-0.4, -0.2) is 28.5 Å². The number of nitrogens with zero attached hydrogens (tertiary/aromatic N) is 1. The highest BCUT2D eigenvalue weighted by molar-refractivity contribution is 6.31. The van der Waals surface area contributed by atoms with Crippen LogP contribution < -0.4 is 5.32 Å². The van der Waals surface area contributed by atoms with Crippen LogP contribution in [0.4, 0.5) is 11.4 Å². The number of ether oxygens (including phenoxy) is 1. The van der Waals surface area contributed by atoms with Gasteiger partial charge in [-0.1, -0.05) is 23.2 Å². The summed E-state index contributed by atoms with van der Waals surface area (Å²) in [6, 6.07) is 8.03. The van der Waals surface area contributed by atoms with Crippen LogP contribution in [0.2, 0.25) is 5.02 Å². The van der Waals surface area contributed by atoms with Crippen LogP contribution in [0, 0.1) is 17.0 Å². The van der Waals surface area contributed by atoms with E-state index in [1.165, 1.54) is 24.3 Å². The smallest absolute Gasteiger partial charge is 0.342 e. The molecule has 0 atom stereocenters. The van der Waals surface area contributed by atoms with Crippen LogP contribution in [0.1, 0.15) is 15.9 Å². The fraction of sp³-hybridized carbons (Fsp3) is 0.125. The summed E-state index contributed by atoms with van der Waals surface area (Å²) in [6.45, 7) is 1.04. The topological polar surface area (TPSA) is 119 Å². The van der Waals surface area contributed by atoms with Crippen LogP contribution in [0.15, 0.2) is 36.4 Å². The lowest BCUT2D eigenvalue weighted by Gasteiger charge is -2.08. The van der Waals surface area contributed by atoms with Gasteiger partial charge < -0.3 is 15.2 Å². The molecule has 0 heterocycles. The molecule has 0 aliphatic carbocycles. The summed E-state index contributed by atoms with van der Waals surface area (Å²) in [5, 5.41) is 23.0. The third-order valence-corrected chi connectivity index (χ3v) is 3.37. The zero-order chi connectivity index (χ0) is 18.6. The number of hydrogen-bond donors (Lipinski definition) is 2. The van der Waals surface area contributed by atoms with E-state index in [0.717, 1.165) is 11.6 Å². The molecule has 2 aromatic rings. The molecule has 130 valence electrons. The number of esters is 1. The molecule has 0 aromatic heterocycles. The number of carbonyl (C=O) groups is 2. The van der Waals surface area contributed by atoms with Gasteiger partial charge in [-0.3, -0.25) is 14.9 Å². The molecule has 0 bridgehead atoms. The van der Waals surface area contributed by atoms with Crippen LogP contribution in [-0.2, 0) is 9.53 Å². The Kier molecular flexibility index (Phi) is 5.56. The normalized spacial score (nSPS) is 10.2. The molecule has 2 N–H and O–H groups in total. The number of rotatable bonds is 5. The molecule has 0 saturated heterocycles. The van der Waals surface area contributed by atoms with E-state index in [1.54, 1.807) is 13.0 Å². The predicted molar refractivity (Wildman–Crippen MR) is 89.9 cm³/mol. The van der Waals surface area contributed by atoms with Crippen LogP contribution in [0.5, 0.6) is 5.75 Å². The van der Waals surface area contributed by atoms with Crippen LogP contribution >= 0.6 is 11.6 Å². The molecule has 0 saturated carbocycles. The van der Waals surface area contributed by atoms with Gasteiger partial charge in [0.1, 0.15) is 17.0 Å². The fourth-order valence-corrected chi connectivity index (χ4v) is 2.15. The van der Waals surface area contributed by atoms with Gasteiger partial charge in [0.05, 0.1) is 4.92 Å². The van der Waals surface area contributed by atoms with Crippen molar-refractivity contribution in [2.75, 3.05) is 11.9 Å². The lowest BCUT2D eigenvalue weighted by atomic mass is 10.1. The Labute approximate surface area is 147 Å². The van der Waals surface area contributed by atoms with Crippen molar-refractivity contribution < 1.29 is 24.4 Å². The van der Waals surface area contributed by atoms with Crippen molar-refractivity contribution in [1.29, 1.82) is 0 Å². The molecule has 0 spiro atoms. The first-order valence-electron chi connectivity index (χ1n) is 6.98. The summed E-state index contributed by atoms with van der Waals surface area (Å²) < 4.78 is 4.81. The van der Waals surface area contributed by atoms with E-state index in [1.807, 2.05) is 0 Å². The highest BCUT2D eigenvalue weighted by Gasteiger charge is 2.18. The second-order valence-electron chi connectivity index (χ2n) is 5.06. The summed E-state index contributed by atoms with van der Waals surface area (Å²) >= 11 is 5.76. The largest absolute Gasteiger partial charge is 0.507 e. The Morgan fingerprint density at radius 3 is 2.68 bits per heavy atom. The molecular weight excluding hydrogens is 352 g/mol. The molecule has 25 heavy (non-hydrogen) atoms. The summed E-state index contributed by atoms with van der Waals surface area (Å²) in [6.07, 6.45) is 0. The first kappa shape index (κ1) is 18.2. The van der Waals surface area contributed by atoms with E-state index in [9.17, 15) is 24.8 Å². The maximum Gasteiger partial charge on any atom is 0.342 e. The Balaban J connectivity index is 2.04. The number of nitro benzene ring substituents is 1. The number of carbonyl (C=O) groups excluding carboxylic acids is 2. The number of nitro groups is 1. The average molecular weight is 365 g/mol. The number of hydrogen-bond acceptors (Lipinski definition) is 6. The van der Waals surface area contributed by atoms with Gasteiger partial charge in [0.25, 0.3) is 11.6 Å². The fourth-order valence-electron chi connectivity index (χ4n) is 1.98. The summed E-state index contributed by atoms with van der Waals surface area (Å²) in [5.74, 6) is -1.95. The molecule has 2 aromatic carbocycles. The third-order valence-electron chi connectivity index (χ3n) is 3.14. The second kappa shape index (κ2) is 7.63. The van der Waals surface area contributed by atoms with Crippen molar-refractivity contribution in [2.24, 2.45) is 0 Å². The first-order chi connectivity index (χ1) is 11.8. The van der Waals surface area contributed by atoms with Crippen LogP contribution in [0.25, 0.3) is 0 Å². The first-order valence-corrected chi connectivity index (χ1v) is 7.36. The number of anilines is 1. The minimum atomic E-state index is -0.892. The van der Waals surface area contributed by atoms with Crippen molar-refractivity contribution in [1.82, 2.24) is 0 Å². The molecular formula is C16H13ClN2O6. The molecule has 0 unspecified atom stereocenters. The van der Waals surface area contributed by atoms with Gasteiger partial charge in [-0.25, -0.2) is 4.79 Å². The van der Waals surface area contributed by atoms with Gasteiger partial charge in [0.15, 0.2) is 6.61 Å². The van der Waals surface area contributed by atoms with Gasteiger partial charge in [0, 0.05) is 11.1 Å². The zero-order valence-corrected chi connectivity index (χ0v) is 13.7. The Morgan fingerprint density at radius 1 is 1.28 bits per heavy atom. The number of aryl methyl sites for hydroxylation is 1. The van der Waals surface area contributed by atoms with Gasteiger partial charge in [-0.05, 0) is 31.2 Å². The summed E-state index contributed by atoms with van der Waals surface area (Å²) in [7, 11) is 0. The quantitative estimate of drug-likeness (QED) is 0.478. The number of nitrogens with one attached hydrogen (secondary N) is 1. The molecule has 0 fully saturated rings. The number of halogens is 1. The summed E-state index contributed by atoms with van der Waals surface area (Å²) in [4.78, 5) is 34.0. The lowest BCUT2D eigenvalue weighted by Crippen LogP contribution is -2.21. The van der Waals surface area contributed by atoms with E-state index in [2.05, 4.69) is 5.32 Å². The van der Waals surface area contributed by atoms with E-state index in [-0.39, 0.29) is 27.7 Å². The van der Waals surface area contributed by atoms with E-state index < -0.39 is 23.4 Å². The molecule has 2 rings (SSSR count). The summed E-state index contributed by atoms with van der Waals surface area (Å²) in [5.41, 5.74) is 0.183. The van der Waals surface area contributed by atoms with Gasteiger partial charge >= 0.3 is 5.97 Å². The van der Waals surface area contributed by atoms with Crippen LogP contribution in [0.3, 0.4) is 0 Å². The molecule has 0 aliphatic heterocycles. The van der Waals surface area contributed by atoms with E-state index >= 15 is 0 Å². The van der Waals surface area contributed by atoms with E-state index in [0.29, 0.717) is 0 Å². The molecule has 0 radical (unpaired) electrons. The van der Waals surface area contributed by atoms with Gasteiger partial charge in [-0.2, -0.15) is 0 Å². The second-order valence-corrected chi connectivity index (χ2v) is 5.50. The average Bonchev–Trinajstić information content (AvgIpc) is 2.54. The third kappa shape index (κ3) is 4.67. The Morgan fingerprint density at radius 2 is 2.00 bits per heavy atom. The van der Waals surface area contributed by atoms with Crippen molar-refractivity contribution in [2.45, 2.75) is 6.92 Å². The maximum absolute atomic E-state index is 11.9. The minimum Gasteiger partial charge on any atom is -0.507 e. The molecule has 0 aliphatic rings. The monoisotopic (exact) mass is 364 g/mol. The molecule has 1 amide bonds. The molecule has 8 nitrogen and oxygen atoms in total. The van der Waals surface area contributed by atoms with E-state index in [4.69, 9.17) is 16.3 Å². The number of amides is 1. The molecule has 9 heteroatoms. The number of benzene rings is 2. The van der Waals surface area contributed by atoms with Crippen molar-refractivity contribution >= 4 is 34.9 Å². The maximum atomic E-state index is 11.9. The van der Waals surface area contributed by atoms with Crippen molar-refractivity contribution in [3.63, 3.8) is 0 Å². The van der Waals surface area contributed by atoms with Crippen molar-refractivity contribution in [3.8, 4) is 5.75 Å². The highest BCUT2D eigenvalue weighted by Crippen LogP contribution is 2.27. The van der Waals surface area contributed by atoms with Crippen molar-refractivity contribution in [3.05, 3.63) is 62.7 Å². The standard InChI is InChI=1S/C16H13ClN2O6/c1-9-2-5-14(20)11(6-9)16(22)25-8-15(21)18-12-7-10(17)3-4-13(12)19(23)24/h2-7,20H,8H2,1H3,(H,18,21). The van der Waals surface area contributed by atoms with Gasteiger partial charge in [-0.15, -0.1) is 0 Å². The zero-order valence-electron chi connectivity index (χ0n) is 13.0.